The van der Waals surface area contributed by atoms with Gasteiger partial charge in [0.15, 0.2) is 0 Å². The highest BCUT2D eigenvalue weighted by Gasteiger charge is 2.26. The number of benzene rings is 1. The van der Waals surface area contributed by atoms with E-state index < -0.39 is 6.10 Å². The molecule has 1 aromatic carbocycles. The first-order valence-electron chi connectivity index (χ1n) is 7.09. The smallest absolute Gasteiger partial charge is 0.123 e. The quantitative estimate of drug-likeness (QED) is 0.706. The minimum atomic E-state index is -0.625. The molecule has 0 bridgehead atoms. The van der Waals surface area contributed by atoms with Crippen LogP contribution in [-0.4, -0.2) is 42.1 Å². The molecular weight excluding hydrogens is 261 g/mol. The third kappa shape index (κ3) is 4.44. The number of rotatable bonds is 7. The fourth-order valence-corrected chi connectivity index (χ4v) is 2.59. The Kier molecular flexibility index (Phi) is 5.76. The van der Waals surface area contributed by atoms with Gasteiger partial charge in [-0.05, 0) is 43.0 Å². The van der Waals surface area contributed by atoms with Gasteiger partial charge in [-0.15, -0.1) is 0 Å². The summed E-state index contributed by atoms with van der Waals surface area (Å²) >= 11 is 0. The van der Waals surface area contributed by atoms with Crippen molar-refractivity contribution in [3.05, 3.63) is 30.1 Å². The fourth-order valence-electron chi connectivity index (χ4n) is 2.59. The standard InChI is InChI=1S/C15H22FNO3/c16-12-4-6-14(7-5-12)20-10-13(19)8-17-15-3-1-2-11(15)9-18/h4-7,11,13,15,17-19H,1-3,8-10H2. The topological polar surface area (TPSA) is 61.7 Å². The zero-order valence-electron chi connectivity index (χ0n) is 11.5. The van der Waals surface area contributed by atoms with E-state index in [-0.39, 0.29) is 25.1 Å². The molecule has 3 N–H and O–H groups in total. The van der Waals surface area contributed by atoms with Crippen LogP contribution in [-0.2, 0) is 0 Å². The largest absolute Gasteiger partial charge is 0.491 e. The van der Waals surface area contributed by atoms with Crippen LogP contribution in [0.5, 0.6) is 5.75 Å². The van der Waals surface area contributed by atoms with Gasteiger partial charge in [-0.25, -0.2) is 4.39 Å². The highest BCUT2D eigenvalue weighted by molar-refractivity contribution is 5.22. The van der Waals surface area contributed by atoms with Crippen LogP contribution in [0.4, 0.5) is 4.39 Å². The molecule has 0 aromatic heterocycles. The second-order valence-corrected chi connectivity index (χ2v) is 5.31. The lowest BCUT2D eigenvalue weighted by Crippen LogP contribution is -2.40. The molecule has 1 aliphatic carbocycles. The van der Waals surface area contributed by atoms with Crippen molar-refractivity contribution in [3.8, 4) is 5.75 Å². The van der Waals surface area contributed by atoms with Crippen molar-refractivity contribution < 1.29 is 19.3 Å². The molecule has 112 valence electrons. The Balaban J connectivity index is 1.67. The summed E-state index contributed by atoms with van der Waals surface area (Å²) in [5.74, 6) is 0.524. The van der Waals surface area contributed by atoms with Crippen molar-refractivity contribution in [2.75, 3.05) is 19.8 Å². The molecule has 0 aliphatic heterocycles. The predicted octanol–water partition coefficient (Wildman–Crippen LogP) is 1.32. The molecular formula is C15H22FNO3. The van der Waals surface area contributed by atoms with Gasteiger partial charge >= 0.3 is 0 Å². The van der Waals surface area contributed by atoms with E-state index in [9.17, 15) is 14.6 Å². The molecule has 1 fully saturated rings. The summed E-state index contributed by atoms with van der Waals surface area (Å²) < 4.78 is 18.1. The maximum Gasteiger partial charge on any atom is 0.123 e. The van der Waals surface area contributed by atoms with Crippen molar-refractivity contribution in [1.29, 1.82) is 0 Å². The molecule has 0 radical (unpaired) electrons. The van der Waals surface area contributed by atoms with Gasteiger partial charge < -0.3 is 20.3 Å². The third-order valence-corrected chi connectivity index (χ3v) is 3.77. The van der Waals surface area contributed by atoms with E-state index in [0.29, 0.717) is 18.2 Å². The number of hydrogen-bond donors (Lipinski definition) is 3. The maximum atomic E-state index is 12.7. The molecule has 3 atom stereocenters. The van der Waals surface area contributed by atoms with Crippen LogP contribution < -0.4 is 10.1 Å². The predicted molar refractivity (Wildman–Crippen MR) is 74.1 cm³/mol. The molecule has 0 saturated heterocycles. The van der Waals surface area contributed by atoms with Gasteiger partial charge in [0, 0.05) is 19.2 Å². The highest BCUT2D eigenvalue weighted by Crippen LogP contribution is 2.24. The molecule has 0 heterocycles. The summed E-state index contributed by atoms with van der Waals surface area (Å²) in [5.41, 5.74) is 0. The normalized spacial score (nSPS) is 23.8. The van der Waals surface area contributed by atoms with Gasteiger partial charge in [-0.3, -0.25) is 0 Å². The summed E-state index contributed by atoms with van der Waals surface area (Å²) in [6, 6.07) is 6.00. The summed E-state index contributed by atoms with van der Waals surface area (Å²) in [6.45, 7) is 0.789. The summed E-state index contributed by atoms with van der Waals surface area (Å²) in [4.78, 5) is 0. The summed E-state index contributed by atoms with van der Waals surface area (Å²) in [6.07, 6.45) is 2.57. The van der Waals surface area contributed by atoms with Crippen molar-refractivity contribution >= 4 is 0 Å². The molecule has 20 heavy (non-hydrogen) atoms. The molecule has 1 aliphatic rings. The van der Waals surface area contributed by atoms with E-state index in [1.54, 1.807) is 0 Å². The minimum absolute atomic E-state index is 0.162. The van der Waals surface area contributed by atoms with Crippen LogP contribution in [0.15, 0.2) is 24.3 Å². The lowest BCUT2D eigenvalue weighted by molar-refractivity contribution is 0.0992. The van der Waals surface area contributed by atoms with Crippen molar-refractivity contribution in [2.45, 2.75) is 31.4 Å². The Hall–Kier alpha value is -1.17. The van der Waals surface area contributed by atoms with Gasteiger partial charge in [0.2, 0.25) is 0 Å². The number of ether oxygens (including phenoxy) is 1. The number of hydrogen-bond acceptors (Lipinski definition) is 4. The van der Waals surface area contributed by atoms with Gasteiger partial charge in [-0.2, -0.15) is 0 Å². The average molecular weight is 283 g/mol. The Morgan fingerprint density at radius 2 is 2.05 bits per heavy atom. The van der Waals surface area contributed by atoms with E-state index in [4.69, 9.17) is 4.74 Å². The van der Waals surface area contributed by atoms with Crippen molar-refractivity contribution in [1.82, 2.24) is 5.32 Å². The number of aliphatic hydroxyl groups excluding tert-OH is 2. The zero-order chi connectivity index (χ0) is 14.4. The monoisotopic (exact) mass is 283 g/mol. The average Bonchev–Trinajstić information content (AvgIpc) is 2.92. The fraction of sp³-hybridized carbons (Fsp3) is 0.600. The number of halogens is 1. The van der Waals surface area contributed by atoms with Crippen molar-refractivity contribution in [3.63, 3.8) is 0 Å². The van der Waals surface area contributed by atoms with E-state index in [2.05, 4.69) is 5.32 Å². The van der Waals surface area contributed by atoms with Crippen LogP contribution in [0.25, 0.3) is 0 Å². The summed E-state index contributed by atoms with van der Waals surface area (Å²) in [7, 11) is 0. The van der Waals surface area contributed by atoms with E-state index in [1.807, 2.05) is 0 Å². The first kappa shape index (κ1) is 15.2. The van der Waals surface area contributed by atoms with Crippen LogP contribution in [0.1, 0.15) is 19.3 Å². The van der Waals surface area contributed by atoms with Crippen molar-refractivity contribution in [2.24, 2.45) is 5.92 Å². The molecule has 0 spiro atoms. The lowest BCUT2D eigenvalue weighted by Gasteiger charge is -2.21. The molecule has 1 aromatic rings. The minimum Gasteiger partial charge on any atom is -0.491 e. The van der Waals surface area contributed by atoms with Crippen LogP contribution in [0.2, 0.25) is 0 Å². The second kappa shape index (κ2) is 7.57. The Morgan fingerprint density at radius 1 is 1.30 bits per heavy atom. The molecule has 1 saturated carbocycles. The van der Waals surface area contributed by atoms with Gasteiger partial charge in [0.05, 0.1) is 0 Å². The maximum absolute atomic E-state index is 12.7. The van der Waals surface area contributed by atoms with Crippen LogP contribution in [0.3, 0.4) is 0 Å². The number of aliphatic hydroxyl groups is 2. The molecule has 5 heteroatoms. The molecule has 2 rings (SSSR count). The first-order chi connectivity index (χ1) is 9.69. The first-order valence-corrected chi connectivity index (χ1v) is 7.09. The Bertz CT molecular complexity index is 399. The Morgan fingerprint density at radius 3 is 2.75 bits per heavy atom. The molecule has 3 unspecified atom stereocenters. The number of nitrogens with one attached hydrogen (secondary N) is 1. The van der Waals surface area contributed by atoms with Crippen LogP contribution >= 0.6 is 0 Å². The summed E-state index contributed by atoms with van der Waals surface area (Å²) in [5, 5.41) is 22.4. The van der Waals surface area contributed by atoms with E-state index in [1.165, 1.54) is 24.3 Å². The molecule has 0 amide bonds. The van der Waals surface area contributed by atoms with Crippen LogP contribution in [0, 0.1) is 11.7 Å². The van der Waals surface area contributed by atoms with E-state index >= 15 is 0 Å². The zero-order valence-corrected chi connectivity index (χ0v) is 11.5. The van der Waals surface area contributed by atoms with Gasteiger partial charge in [-0.1, -0.05) is 6.42 Å². The lowest BCUT2D eigenvalue weighted by atomic mass is 10.1. The van der Waals surface area contributed by atoms with Gasteiger partial charge in [0.25, 0.3) is 0 Å². The highest BCUT2D eigenvalue weighted by atomic mass is 19.1. The Labute approximate surface area is 118 Å². The SMILES string of the molecule is OCC1CCCC1NCC(O)COc1ccc(F)cc1. The third-order valence-electron chi connectivity index (χ3n) is 3.77. The van der Waals surface area contributed by atoms with Gasteiger partial charge in [0.1, 0.15) is 24.3 Å². The van der Waals surface area contributed by atoms with E-state index in [0.717, 1.165) is 19.3 Å². The second-order valence-electron chi connectivity index (χ2n) is 5.31. The molecule has 4 nitrogen and oxygen atoms in total.